The lowest BCUT2D eigenvalue weighted by Gasteiger charge is -2.25. The van der Waals surface area contributed by atoms with E-state index >= 15 is 0 Å². The summed E-state index contributed by atoms with van der Waals surface area (Å²) < 4.78 is 40.2. The average molecular weight is 418 g/mol. The quantitative estimate of drug-likeness (QED) is 0.597. The third-order valence-corrected chi connectivity index (χ3v) is 5.52. The summed E-state index contributed by atoms with van der Waals surface area (Å²) in [7, 11) is 1.92. The van der Waals surface area contributed by atoms with Crippen LogP contribution in [0.25, 0.3) is 10.9 Å². The molecule has 0 saturated heterocycles. The van der Waals surface area contributed by atoms with Crippen LogP contribution in [0.1, 0.15) is 49.0 Å². The van der Waals surface area contributed by atoms with Crippen LogP contribution in [0.4, 0.5) is 13.2 Å². The zero-order valence-electron chi connectivity index (χ0n) is 17.1. The summed E-state index contributed by atoms with van der Waals surface area (Å²) in [5.74, 6) is -0.700. The van der Waals surface area contributed by atoms with Gasteiger partial charge in [-0.15, -0.1) is 0 Å². The predicted octanol–water partition coefficient (Wildman–Crippen LogP) is 4.93. The molecule has 3 aromatic rings. The van der Waals surface area contributed by atoms with Crippen molar-refractivity contribution in [1.82, 2.24) is 9.88 Å². The Morgan fingerprint density at radius 2 is 1.77 bits per heavy atom. The maximum absolute atomic E-state index is 12.9. The maximum Gasteiger partial charge on any atom is 0.416 e. The predicted molar refractivity (Wildman–Crippen MR) is 110 cm³/mol. The van der Waals surface area contributed by atoms with E-state index < -0.39 is 29.8 Å². The summed E-state index contributed by atoms with van der Waals surface area (Å²) in [6.45, 7) is 3.61. The van der Waals surface area contributed by atoms with Crippen molar-refractivity contribution in [2.45, 2.75) is 44.5 Å². The van der Waals surface area contributed by atoms with Crippen LogP contribution in [-0.2, 0) is 18.0 Å². The number of nitrogens with zero attached hydrogens (tertiary/aromatic N) is 1. The Hall–Kier alpha value is -2.80. The van der Waals surface area contributed by atoms with Gasteiger partial charge in [-0.25, -0.2) is 0 Å². The number of halogens is 3. The van der Waals surface area contributed by atoms with E-state index in [1.165, 1.54) is 12.1 Å². The van der Waals surface area contributed by atoms with E-state index in [0.29, 0.717) is 12.0 Å². The van der Waals surface area contributed by atoms with Gasteiger partial charge in [0, 0.05) is 24.1 Å². The first-order valence-electron chi connectivity index (χ1n) is 9.83. The van der Waals surface area contributed by atoms with Gasteiger partial charge in [0.05, 0.1) is 23.6 Å². The largest absolute Gasteiger partial charge is 0.416 e. The molecule has 1 amide bonds. The first kappa shape index (κ1) is 21.9. The van der Waals surface area contributed by atoms with Crippen LogP contribution < -0.4 is 5.32 Å². The Morgan fingerprint density at radius 1 is 1.13 bits per heavy atom. The number of para-hydroxylation sites is 1. The number of carbonyl (C=O) groups excluding carboxylic acids is 1. The molecule has 2 aromatic carbocycles. The van der Waals surface area contributed by atoms with Gasteiger partial charge in [0.2, 0.25) is 5.91 Å². The topological polar surface area (TPSA) is 54.3 Å². The number of amides is 1. The second-order valence-corrected chi connectivity index (χ2v) is 7.52. The molecule has 4 nitrogen and oxygen atoms in total. The fourth-order valence-electron chi connectivity index (χ4n) is 3.67. The van der Waals surface area contributed by atoms with Crippen molar-refractivity contribution in [3.63, 3.8) is 0 Å². The minimum Gasteiger partial charge on any atom is -0.386 e. The molecule has 3 rings (SSSR count). The highest BCUT2D eigenvalue weighted by Crippen LogP contribution is 2.31. The van der Waals surface area contributed by atoms with Crippen LogP contribution >= 0.6 is 0 Å². The standard InChI is InChI=1S/C23H25F3N2O2/c1-4-19(21(29)15-9-11-16(12-10-15)23(24,25)26)27-22(30)14(2)18-13-28(3)20-8-6-5-7-17(18)20/h5-14,19,21,29H,4H2,1-3H3,(H,27,30). The van der Waals surface area contributed by atoms with Gasteiger partial charge in [0.15, 0.2) is 0 Å². The maximum atomic E-state index is 12.9. The number of benzene rings is 2. The number of nitrogens with one attached hydrogen (secondary N) is 1. The minimum atomic E-state index is -4.43. The number of carbonyl (C=O) groups is 1. The van der Waals surface area contributed by atoms with Crippen molar-refractivity contribution in [3.05, 3.63) is 71.4 Å². The second kappa shape index (κ2) is 8.52. The summed E-state index contributed by atoms with van der Waals surface area (Å²) in [6, 6.07) is 11.5. The lowest BCUT2D eigenvalue weighted by molar-refractivity contribution is -0.137. The van der Waals surface area contributed by atoms with Gasteiger partial charge in [0.1, 0.15) is 0 Å². The molecule has 2 N–H and O–H groups in total. The molecule has 0 aliphatic rings. The number of aliphatic hydroxyl groups excluding tert-OH is 1. The third kappa shape index (κ3) is 4.36. The van der Waals surface area contributed by atoms with Gasteiger partial charge < -0.3 is 15.0 Å². The molecule has 7 heteroatoms. The number of rotatable bonds is 6. The Balaban J connectivity index is 1.76. The van der Waals surface area contributed by atoms with Gasteiger partial charge >= 0.3 is 6.18 Å². The Morgan fingerprint density at radius 3 is 2.37 bits per heavy atom. The Bertz CT molecular complexity index is 1030. The van der Waals surface area contributed by atoms with E-state index in [9.17, 15) is 23.1 Å². The first-order valence-corrected chi connectivity index (χ1v) is 9.83. The van der Waals surface area contributed by atoms with E-state index in [4.69, 9.17) is 0 Å². The molecule has 0 saturated carbocycles. The number of fused-ring (bicyclic) bond motifs is 1. The van der Waals surface area contributed by atoms with Crippen LogP contribution in [0.5, 0.6) is 0 Å². The molecule has 0 bridgehead atoms. The summed E-state index contributed by atoms with van der Waals surface area (Å²) in [4.78, 5) is 12.9. The molecular formula is C23H25F3N2O2. The molecule has 0 spiro atoms. The smallest absolute Gasteiger partial charge is 0.386 e. The van der Waals surface area contributed by atoms with Crippen molar-refractivity contribution in [2.24, 2.45) is 7.05 Å². The molecule has 1 aromatic heterocycles. The van der Waals surface area contributed by atoms with Gasteiger partial charge in [-0.3, -0.25) is 4.79 Å². The van der Waals surface area contributed by atoms with Crippen LogP contribution in [0.15, 0.2) is 54.7 Å². The second-order valence-electron chi connectivity index (χ2n) is 7.52. The van der Waals surface area contributed by atoms with Crippen molar-refractivity contribution >= 4 is 16.8 Å². The molecule has 160 valence electrons. The molecule has 3 atom stereocenters. The van der Waals surface area contributed by atoms with Crippen LogP contribution in [0.3, 0.4) is 0 Å². The summed E-state index contributed by atoms with van der Waals surface area (Å²) in [5.41, 5.74) is 1.45. The molecule has 0 aliphatic heterocycles. The fourth-order valence-corrected chi connectivity index (χ4v) is 3.67. The van der Waals surface area contributed by atoms with Crippen LogP contribution in [-0.4, -0.2) is 21.6 Å². The summed E-state index contributed by atoms with van der Waals surface area (Å²) in [6.07, 6.45) is -3.20. The molecule has 0 fully saturated rings. The number of aromatic nitrogens is 1. The summed E-state index contributed by atoms with van der Waals surface area (Å²) in [5, 5.41) is 14.5. The minimum absolute atomic E-state index is 0.246. The highest BCUT2D eigenvalue weighted by molar-refractivity contribution is 5.92. The van der Waals surface area contributed by atoms with E-state index in [1.807, 2.05) is 42.1 Å². The number of hydrogen-bond acceptors (Lipinski definition) is 2. The first-order chi connectivity index (χ1) is 14.1. The van der Waals surface area contributed by atoms with E-state index in [0.717, 1.165) is 28.6 Å². The van der Waals surface area contributed by atoms with E-state index in [1.54, 1.807) is 13.8 Å². The number of aliphatic hydroxyl groups is 1. The molecule has 1 heterocycles. The molecular weight excluding hydrogens is 393 g/mol. The highest BCUT2D eigenvalue weighted by atomic mass is 19.4. The van der Waals surface area contributed by atoms with Gasteiger partial charge in [0.25, 0.3) is 0 Å². The van der Waals surface area contributed by atoms with Crippen molar-refractivity contribution in [3.8, 4) is 0 Å². The van der Waals surface area contributed by atoms with Crippen LogP contribution in [0.2, 0.25) is 0 Å². The average Bonchev–Trinajstić information content (AvgIpc) is 3.07. The zero-order chi connectivity index (χ0) is 22.1. The molecule has 0 radical (unpaired) electrons. The van der Waals surface area contributed by atoms with E-state index in [-0.39, 0.29) is 5.91 Å². The lowest BCUT2D eigenvalue weighted by Crippen LogP contribution is -2.40. The highest BCUT2D eigenvalue weighted by Gasteiger charge is 2.31. The van der Waals surface area contributed by atoms with Crippen molar-refractivity contribution in [2.75, 3.05) is 0 Å². The molecule has 3 unspecified atom stereocenters. The normalized spacial score (nSPS) is 15.0. The SMILES string of the molecule is CCC(NC(=O)C(C)c1cn(C)c2ccccc12)C(O)c1ccc(C(F)(F)F)cc1. The van der Waals surface area contributed by atoms with Crippen LogP contribution in [0, 0.1) is 0 Å². The number of hydrogen-bond donors (Lipinski definition) is 2. The van der Waals surface area contributed by atoms with E-state index in [2.05, 4.69) is 5.32 Å². The lowest BCUT2D eigenvalue weighted by atomic mass is 9.96. The number of aryl methyl sites for hydroxylation is 1. The monoisotopic (exact) mass is 418 g/mol. The molecule has 30 heavy (non-hydrogen) atoms. The van der Waals surface area contributed by atoms with Crippen molar-refractivity contribution in [1.29, 1.82) is 0 Å². The van der Waals surface area contributed by atoms with Crippen molar-refractivity contribution < 1.29 is 23.1 Å². The van der Waals surface area contributed by atoms with Gasteiger partial charge in [-0.05, 0) is 42.7 Å². The van der Waals surface area contributed by atoms with Gasteiger partial charge in [-0.2, -0.15) is 13.2 Å². The fraction of sp³-hybridized carbons (Fsp3) is 0.348. The molecule has 0 aliphatic carbocycles. The van der Waals surface area contributed by atoms with Gasteiger partial charge in [-0.1, -0.05) is 37.3 Å². The summed E-state index contributed by atoms with van der Waals surface area (Å²) >= 11 is 0. The number of alkyl halides is 3. The Kier molecular flexibility index (Phi) is 6.22. The Labute approximate surface area is 173 Å². The third-order valence-electron chi connectivity index (χ3n) is 5.52. The zero-order valence-corrected chi connectivity index (χ0v) is 17.1.